The lowest BCUT2D eigenvalue weighted by Gasteiger charge is -2.18. The Kier molecular flexibility index (Phi) is 7.21. The normalized spacial score (nSPS) is 12.0. The van der Waals surface area contributed by atoms with Crippen molar-refractivity contribution in [1.82, 2.24) is 5.32 Å². The Morgan fingerprint density at radius 2 is 1.76 bits per heavy atom. The number of rotatable bonds is 8. The molecule has 0 fully saturated rings. The Balaban J connectivity index is 1.18. The zero-order valence-electron chi connectivity index (χ0n) is 17.7. The van der Waals surface area contributed by atoms with Gasteiger partial charge < -0.3 is 24.8 Å². The molecule has 0 saturated heterocycles. The summed E-state index contributed by atoms with van der Waals surface area (Å²) < 4.78 is 16.1. The fraction of sp³-hybridized carbons (Fsp3) is 0.208. The molecule has 3 aromatic rings. The van der Waals surface area contributed by atoms with Crippen LogP contribution in [0, 0.1) is 0 Å². The van der Waals surface area contributed by atoms with Gasteiger partial charge in [-0.3, -0.25) is 9.59 Å². The lowest BCUT2D eigenvalue weighted by atomic mass is 10.1. The van der Waals surface area contributed by atoms with Crippen molar-refractivity contribution in [2.75, 3.05) is 31.7 Å². The number of nitrogens with one attached hydrogen (secondary N) is 2. The third-order valence-corrected chi connectivity index (χ3v) is 5.67. The van der Waals surface area contributed by atoms with Crippen molar-refractivity contribution in [3.8, 4) is 11.5 Å². The predicted molar refractivity (Wildman–Crippen MR) is 123 cm³/mol. The van der Waals surface area contributed by atoms with Gasteiger partial charge in [0.1, 0.15) is 13.2 Å². The van der Waals surface area contributed by atoms with Gasteiger partial charge in [-0.15, -0.1) is 11.3 Å². The first kappa shape index (κ1) is 22.3. The summed E-state index contributed by atoms with van der Waals surface area (Å²) in [5, 5.41) is 7.30. The largest absolute Gasteiger partial charge is 0.486 e. The second-order valence-corrected chi connectivity index (χ2v) is 8.11. The lowest BCUT2D eigenvalue weighted by Crippen LogP contribution is -2.30. The highest BCUT2D eigenvalue weighted by molar-refractivity contribution is 7.12. The number of fused-ring (bicyclic) bond motifs is 1. The molecule has 1 aliphatic rings. The molecule has 2 amide bonds. The van der Waals surface area contributed by atoms with Gasteiger partial charge in [-0.2, -0.15) is 0 Å². The smallest absolute Gasteiger partial charge is 0.338 e. The van der Waals surface area contributed by atoms with Gasteiger partial charge in [0, 0.05) is 12.2 Å². The summed E-state index contributed by atoms with van der Waals surface area (Å²) in [4.78, 5) is 36.9. The maximum atomic E-state index is 12.2. The van der Waals surface area contributed by atoms with Crippen molar-refractivity contribution in [3.05, 3.63) is 76.0 Å². The molecule has 0 spiro atoms. The van der Waals surface area contributed by atoms with Crippen LogP contribution in [0.1, 0.15) is 25.6 Å². The van der Waals surface area contributed by atoms with Gasteiger partial charge in [0.15, 0.2) is 18.1 Å². The molecule has 8 nitrogen and oxygen atoms in total. The van der Waals surface area contributed by atoms with Gasteiger partial charge in [-0.25, -0.2) is 4.79 Å². The number of amides is 2. The molecule has 4 rings (SSSR count). The van der Waals surface area contributed by atoms with Crippen LogP contribution in [0.5, 0.6) is 11.5 Å². The Morgan fingerprint density at radius 1 is 0.970 bits per heavy atom. The second-order valence-electron chi connectivity index (χ2n) is 7.16. The minimum atomic E-state index is -0.617. The molecule has 0 atom stereocenters. The fourth-order valence-electron chi connectivity index (χ4n) is 3.15. The standard InChI is InChI=1S/C24H22N2O6S/c27-22(25-10-9-16-3-8-19-20(14-16)31-12-11-30-19)15-32-24(29)17-4-6-18(7-5-17)26-23(28)21-2-1-13-33-21/h1-8,13-14H,9-12,15H2,(H,25,27)(H,26,28). The van der Waals surface area contributed by atoms with Gasteiger partial charge in [-0.05, 0) is 59.8 Å². The van der Waals surface area contributed by atoms with Crippen LogP contribution >= 0.6 is 11.3 Å². The third-order valence-electron chi connectivity index (χ3n) is 4.80. The van der Waals surface area contributed by atoms with Crippen LogP contribution in [0.2, 0.25) is 0 Å². The summed E-state index contributed by atoms with van der Waals surface area (Å²) in [6.07, 6.45) is 0.606. The Bertz CT molecular complexity index is 1130. The minimum Gasteiger partial charge on any atom is -0.486 e. The third kappa shape index (κ3) is 6.11. The van der Waals surface area contributed by atoms with E-state index in [1.165, 1.54) is 23.5 Å². The zero-order valence-corrected chi connectivity index (χ0v) is 18.5. The number of anilines is 1. The molecule has 0 radical (unpaired) electrons. The summed E-state index contributed by atoms with van der Waals surface area (Å²) in [5.74, 6) is 0.206. The van der Waals surface area contributed by atoms with Gasteiger partial charge in [0.2, 0.25) is 0 Å². The van der Waals surface area contributed by atoms with E-state index in [2.05, 4.69) is 10.6 Å². The summed E-state index contributed by atoms with van der Waals surface area (Å²) in [7, 11) is 0. The molecule has 0 unspecified atom stereocenters. The first-order valence-corrected chi connectivity index (χ1v) is 11.2. The number of carbonyl (C=O) groups is 3. The molecule has 9 heteroatoms. The van der Waals surface area contributed by atoms with Crippen molar-refractivity contribution >= 4 is 34.8 Å². The van der Waals surface area contributed by atoms with Gasteiger partial charge in [-0.1, -0.05) is 12.1 Å². The molecule has 33 heavy (non-hydrogen) atoms. The van der Waals surface area contributed by atoms with Crippen LogP contribution < -0.4 is 20.1 Å². The Labute approximate surface area is 194 Å². The number of benzene rings is 2. The molecule has 2 heterocycles. The Morgan fingerprint density at radius 3 is 2.52 bits per heavy atom. The topological polar surface area (TPSA) is 103 Å². The summed E-state index contributed by atoms with van der Waals surface area (Å²) >= 11 is 1.34. The van der Waals surface area contributed by atoms with Crippen LogP contribution in [0.4, 0.5) is 5.69 Å². The van der Waals surface area contributed by atoms with E-state index >= 15 is 0 Å². The highest BCUT2D eigenvalue weighted by atomic mass is 32.1. The number of thiophene rings is 1. The van der Waals surface area contributed by atoms with Gasteiger partial charge >= 0.3 is 5.97 Å². The molecule has 1 aliphatic heterocycles. The van der Waals surface area contributed by atoms with Gasteiger partial charge in [0.25, 0.3) is 11.8 Å². The van der Waals surface area contributed by atoms with Crippen LogP contribution in [0.15, 0.2) is 60.0 Å². The molecule has 2 aromatic carbocycles. The number of hydrogen-bond acceptors (Lipinski definition) is 7. The van der Waals surface area contributed by atoms with Crippen molar-refractivity contribution in [2.45, 2.75) is 6.42 Å². The number of carbonyl (C=O) groups excluding carboxylic acids is 3. The van der Waals surface area contributed by atoms with Crippen molar-refractivity contribution in [3.63, 3.8) is 0 Å². The predicted octanol–water partition coefficient (Wildman–Crippen LogP) is 3.29. The van der Waals surface area contributed by atoms with E-state index in [0.717, 1.165) is 11.3 Å². The maximum absolute atomic E-state index is 12.2. The number of hydrogen-bond donors (Lipinski definition) is 2. The molecule has 0 aliphatic carbocycles. The molecule has 0 saturated carbocycles. The Hall–Kier alpha value is -3.85. The van der Waals surface area contributed by atoms with E-state index in [-0.39, 0.29) is 24.0 Å². The molecule has 2 N–H and O–H groups in total. The van der Waals surface area contributed by atoms with Crippen LogP contribution in [-0.2, 0) is 16.0 Å². The van der Waals surface area contributed by atoms with Gasteiger partial charge in [0.05, 0.1) is 10.4 Å². The first-order valence-electron chi connectivity index (χ1n) is 10.4. The summed E-state index contributed by atoms with van der Waals surface area (Å²) in [6, 6.07) is 15.5. The number of esters is 1. The average Bonchev–Trinajstić information content (AvgIpc) is 3.38. The van der Waals surface area contributed by atoms with E-state index in [1.54, 1.807) is 24.3 Å². The van der Waals surface area contributed by atoms with Crippen LogP contribution in [0.3, 0.4) is 0 Å². The first-order chi connectivity index (χ1) is 16.1. The molecular weight excluding hydrogens is 444 g/mol. The van der Waals surface area contributed by atoms with E-state index in [1.807, 2.05) is 23.6 Å². The zero-order chi connectivity index (χ0) is 23.0. The average molecular weight is 467 g/mol. The van der Waals surface area contributed by atoms with Crippen LogP contribution in [-0.4, -0.2) is 44.1 Å². The molecule has 0 bridgehead atoms. The van der Waals surface area contributed by atoms with Crippen molar-refractivity contribution in [1.29, 1.82) is 0 Å². The van der Waals surface area contributed by atoms with E-state index in [0.29, 0.717) is 42.5 Å². The highest BCUT2D eigenvalue weighted by Gasteiger charge is 2.13. The second kappa shape index (κ2) is 10.6. The van der Waals surface area contributed by atoms with E-state index < -0.39 is 5.97 Å². The summed E-state index contributed by atoms with van der Waals surface area (Å²) in [6.45, 7) is 1.08. The molecule has 170 valence electrons. The van der Waals surface area contributed by atoms with Crippen molar-refractivity contribution in [2.24, 2.45) is 0 Å². The molecule has 1 aromatic heterocycles. The minimum absolute atomic E-state index is 0.215. The molecular formula is C24H22N2O6S. The maximum Gasteiger partial charge on any atom is 0.338 e. The lowest BCUT2D eigenvalue weighted by molar-refractivity contribution is -0.124. The van der Waals surface area contributed by atoms with E-state index in [9.17, 15) is 14.4 Å². The van der Waals surface area contributed by atoms with Crippen LogP contribution in [0.25, 0.3) is 0 Å². The quantitative estimate of drug-likeness (QED) is 0.494. The van der Waals surface area contributed by atoms with Crippen molar-refractivity contribution < 1.29 is 28.6 Å². The fourth-order valence-corrected chi connectivity index (χ4v) is 3.76. The highest BCUT2D eigenvalue weighted by Crippen LogP contribution is 2.30. The SMILES string of the molecule is O=C(COC(=O)c1ccc(NC(=O)c2cccs2)cc1)NCCc1ccc2c(c1)OCCO2. The number of ether oxygens (including phenoxy) is 3. The summed E-state index contributed by atoms with van der Waals surface area (Å²) in [5.41, 5.74) is 1.85. The monoisotopic (exact) mass is 466 g/mol. The van der Waals surface area contributed by atoms with E-state index in [4.69, 9.17) is 14.2 Å².